The summed E-state index contributed by atoms with van der Waals surface area (Å²) >= 11 is 0. The number of nitrogens with one attached hydrogen (secondary N) is 1. The summed E-state index contributed by atoms with van der Waals surface area (Å²) in [5.41, 5.74) is 4.84. The largest absolute Gasteiger partial charge is 0.497 e. The minimum Gasteiger partial charge on any atom is -0.497 e. The average molecular weight is 458 g/mol. The maximum absolute atomic E-state index is 12.8. The number of rotatable bonds is 8. The van der Waals surface area contributed by atoms with E-state index >= 15 is 0 Å². The van der Waals surface area contributed by atoms with Crippen molar-refractivity contribution in [3.8, 4) is 28.4 Å². The highest BCUT2D eigenvalue weighted by Crippen LogP contribution is 2.37. The molecule has 0 aliphatic rings. The van der Waals surface area contributed by atoms with Crippen LogP contribution < -0.4 is 19.5 Å². The fourth-order valence-electron chi connectivity index (χ4n) is 3.82. The summed E-state index contributed by atoms with van der Waals surface area (Å²) in [6, 6.07) is 19.0. The number of carbonyl (C=O) groups is 1. The Morgan fingerprint density at radius 1 is 1.00 bits per heavy atom. The highest BCUT2D eigenvalue weighted by atomic mass is 16.5. The summed E-state index contributed by atoms with van der Waals surface area (Å²) in [7, 11) is 3.24. The Hall–Kier alpha value is -4.19. The highest BCUT2D eigenvalue weighted by molar-refractivity contribution is 6.06. The molecule has 0 aliphatic heterocycles. The summed E-state index contributed by atoms with van der Waals surface area (Å²) in [5, 5.41) is 3.83. The third kappa shape index (κ3) is 4.76. The minimum atomic E-state index is -0.255. The zero-order chi connectivity index (χ0) is 24.1. The van der Waals surface area contributed by atoms with Crippen LogP contribution in [-0.4, -0.2) is 26.7 Å². The second-order valence-electron chi connectivity index (χ2n) is 7.67. The molecule has 0 spiro atoms. The molecular formula is C28H27NO5. The van der Waals surface area contributed by atoms with E-state index in [1.54, 1.807) is 26.6 Å². The van der Waals surface area contributed by atoms with E-state index in [-0.39, 0.29) is 5.91 Å². The Balaban J connectivity index is 1.68. The number of anilines is 1. The van der Waals surface area contributed by atoms with Crippen LogP contribution in [0, 0.1) is 0 Å². The van der Waals surface area contributed by atoms with Crippen molar-refractivity contribution in [2.75, 3.05) is 26.1 Å². The number of methoxy groups -OCH3 is 2. The van der Waals surface area contributed by atoms with Gasteiger partial charge in [-0.15, -0.1) is 0 Å². The quantitative estimate of drug-likeness (QED) is 0.304. The van der Waals surface area contributed by atoms with Crippen LogP contribution in [0.5, 0.6) is 17.2 Å². The predicted octanol–water partition coefficient (Wildman–Crippen LogP) is 6.56. The first kappa shape index (κ1) is 23.0. The molecule has 0 saturated heterocycles. The zero-order valence-corrected chi connectivity index (χ0v) is 19.7. The van der Waals surface area contributed by atoms with E-state index in [1.165, 1.54) is 0 Å². The maximum atomic E-state index is 12.8. The molecule has 0 radical (unpaired) electrons. The Morgan fingerprint density at radius 2 is 1.76 bits per heavy atom. The second kappa shape index (κ2) is 10.2. The van der Waals surface area contributed by atoms with E-state index in [0.717, 1.165) is 33.4 Å². The summed E-state index contributed by atoms with van der Waals surface area (Å²) in [6.45, 7) is 4.30. The van der Waals surface area contributed by atoms with Crippen LogP contribution in [0.4, 0.5) is 5.69 Å². The molecule has 0 aliphatic carbocycles. The SMILES string of the molecule is CCOc1ccccc1NC(=O)/C=C(\C)c1cc2c(-c3ccc(OC)cc3)coc2cc1OC. The van der Waals surface area contributed by atoms with Crippen LogP contribution in [0.25, 0.3) is 27.7 Å². The van der Waals surface area contributed by atoms with Crippen molar-refractivity contribution in [1.82, 2.24) is 0 Å². The third-order valence-corrected chi connectivity index (χ3v) is 5.51. The molecule has 34 heavy (non-hydrogen) atoms. The van der Waals surface area contributed by atoms with Crippen molar-refractivity contribution < 1.29 is 23.4 Å². The van der Waals surface area contributed by atoms with Gasteiger partial charge in [0.2, 0.25) is 5.91 Å². The summed E-state index contributed by atoms with van der Waals surface area (Å²) in [6.07, 6.45) is 3.28. The molecule has 0 unspecified atom stereocenters. The van der Waals surface area contributed by atoms with Gasteiger partial charge in [-0.2, -0.15) is 0 Å². The Labute approximate surface area is 198 Å². The summed E-state index contributed by atoms with van der Waals surface area (Å²) < 4.78 is 22.3. The molecular weight excluding hydrogens is 430 g/mol. The number of fused-ring (bicyclic) bond motifs is 1. The first-order valence-corrected chi connectivity index (χ1v) is 11.0. The average Bonchev–Trinajstić information content (AvgIpc) is 3.27. The molecule has 0 atom stereocenters. The van der Waals surface area contributed by atoms with Crippen molar-refractivity contribution in [3.05, 3.63) is 78.6 Å². The molecule has 1 aromatic heterocycles. The van der Waals surface area contributed by atoms with Crippen molar-refractivity contribution in [1.29, 1.82) is 0 Å². The van der Waals surface area contributed by atoms with Gasteiger partial charge in [0, 0.05) is 28.7 Å². The van der Waals surface area contributed by atoms with Gasteiger partial charge < -0.3 is 23.9 Å². The highest BCUT2D eigenvalue weighted by Gasteiger charge is 2.15. The van der Waals surface area contributed by atoms with Crippen LogP contribution in [0.3, 0.4) is 0 Å². The second-order valence-corrected chi connectivity index (χ2v) is 7.67. The minimum absolute atomic E-state index is 0.255. The van der Waals surface area contributed by atoms with Crippen molar-refractivity contribution in [2.45, 2.75) is 13.8 Å². The predicted molar refractivity (Wildman–Crippen MR) is 135 cm³/mol. The lowest BCUT2D eigenvalue weighted by Gasteiger charge is -2.12. The standard InChI is InChI=1S/C28H27NO5/c1-5-33-25-9-7-6-8-24(25)29-28(30)14-18(2)21-15-22-23(17-34-27(22)16-26(21)32-4)19-10-12-20(31-3)13-11-19/h6-17H,5H2,1-4H3,(H,29,30)/b18-14+. The molecule has 174 valence electrons. The Bertz CT molecular complexity index is 1330. The number of amides is 1. The lowest BCUT2D eigenvalue weighted by molar-refractivity contribution is -0.111. The molecule has 3 aromatic carbocycles. The fourth-order valence-corrected chi connectivity index (χ4v) is 3.82. The monoisotopic (exact) mass is 457 g/mol. The van der Waals surface area contributed by atoms with Crippen molar-refractivity contribution in [3.63, 3.8) is 0 Å². The van der Waals surface area contributed by atoms with Crippen LogP contribution >= 0.6 is 0 Å². The molecule has 1 amide bonds. The van der Waals surface area contributed by atoms with Crippen LogP contribution in [0.2, 0.25) is 0 Å². The van der Waals surface area contributed by atoms with Crippen LogP contribution in [-0.2, 0) is 4.79 Å². The number of carbonyl (C=O) groups excluding carboxylic acids is 1. The molecule has 6 nitrogen and oxygen atoms in total. The topological polar surface area (TPSA) is 69.9 Å². The fraction of sp³-hybridized carbons (Fsp3) is 0.179. The molecule has 0 fully saturated rings. The van der Waals surface area contributed by atoms with Crippen molar-refractivity contribution in [2.24, 2.45) is 0 Å². The Kier molecular flexibility index (Phi) is 6.87. The molecule has 4 rings (SSSR count). The van der Waals surface area contributed by atoms with E-state index in [1.807, 2.05) is 74.5 Å². The van der Waals surface area contributed by atoms with Gasteiger partial charge in [-0.25, -0.2) is 0 Å². The number of benzene rings is 3. The number of para-hydroxylation sites is 2. The van der Waals surface area contributed by atoms with Gasteiger partial charge in [-0.1, -0.05) is 24.3 Å². The normalized spacial score (nSPS) is 11.4. The van der Waals surface area contributed by atoms with Gasteiger partial charge in [0.05, 0.1) is 32.8 Å². The van der Waals surface area contributed by atoms with Gasteiger partial charge >= 0.3 is 0 Å². The first-order valence-electron chi connectivity index (χ1n) is 11.0. The van der Waals surface area contributed by atoms with E-state index in [0.29, 0.717) is 29.4 Å². The lowest BCUT2D eigenvalue weighted by atomic mass is 9.99. The molecule has 0 saturated carbocycles. The number of furan rings is 1. The third-order valence-electron chi connectivity index (χ3n) is 5.51. The number of hydrogen-bond acceptors (Lipinski definition) is 5. The van der Waals surface area contributed by atoms with Crippen molar-refractivity contribution >= 4 is 28.1 Å². The van der Waals surface area contributed by atoms with E-state index in [2.05, 4.69) is 5.32 Å². The molecule has 4 aromatic rings. The number of ether oxygens (including phenoxy) is 3. The van der Waals surface area contributed by atoms with Gasteiger partial charge in [-0.05, 0) is 55.3 Å². The number of allylic oxidation sites excluding steroid dienone is 1. The molecule has 1 N–H and O–H groups in total. The summed E-state index contributed by atoms with van der Waals surface area (Å²) in [5.74, 6) is 1.79. The van der Waals surface area contributed by atoms with Gasteiger partial charge in [0.15, 0.2) is 0 Å². The van der Waals surface area contributed by atoms with Crippen LogP contribution in [0.15, 0.2) is 77.4 Å². The summed E-state index contributed by atoms with van der Waals surface area (Å²) in [4.78, 5) is 12.8. The first-order chi connectivity index (χ1) is 16.5. The van der Waals surface area contributed by atoms with Crippen LogP contribution in [0.1, 0.15) is 19.4 Å². The van der Waals surface area contributed by atoms with E-state index in [9.17, 15) is 4.79 Å². The van der Waals surface area contributed by atoms with E-state index in [4.69, 9.17) is 18.6 Å². The number of hydrogen-bond donors (Lipinski definition) is 1. The molecule has 0 bridgehead atoms. The molecule has 1 heterocycles. The smallest absolute Gasteiger partial charge is 0.248 e. The maximum Gasteiger partial charge on any atom is 0.248 e. The molecule has 6 heteroatoms. The van der Waals surface area contributed by atoms with Gasteiger partial charge in [-0.3, -0.25) is 4.79 Å². The zero-order valence-electron chi connectivity index (χ0n) is 19.7. The van der Waals surface area contributed by atoms with Gasteiger partial charge in [0.1, 0.15) is 22.8 Å². The van der Waals surface area contributed by atoms with E-state index < -0.39 is 0 Å². The Morgan fingerprint density at radius 3 is 2.47 bits per heavy atom. The lowest BCUT2D eigenvalue weighted by Crippen LogP contribution is -2.10. The van der Waals surface area contributed by atoms with Gasteiger partial charge in [0.25, 0.3) is 0 Å².